The van der Waals surface area contributed by atoms with Crippen molar-refractivity contribution in [1.82, 2.24) is 4.98 Å². The highest BCUT2D eigenvalue weighted by atomic mass is 79.9. The van der Waals surface area contributed by atoms with Crippen molar-refractivity contribution >= 4 is 37.5 Å². The van der Waals surface area contributed by atoms with E-state index in [1.807, 2.05) is 24.4 Å². The van der Waals surface area contributed by atoms with Gasteiger partial charge in [-0.1, -0.05) is 6.07 Å². The van der Waals surface area contributed by atoms with Crippen LogP contribution in [0.15, 0.2) is 45.5 Å². The first-order valence-corrected chi connectivity index (χ1v) is 6.84. The molecule has 2 rings (SSSR count). The Morgan fingerprint density at radius 1 is 1.18 bits per heavy atom. The summed E-state index contributed by atoms with van der Waals surface area (Å²) in [5.74, 6) is 0. The van der Waals surface area contributed by atoms with Crippen LogP contribution in [-0.2, 0) is 6.54 Å². The molecule has 0 bridgehead atoms. The third-order valence-electron chi connectivity index (χ3n) is 2.37. The minimum Gasteiger partial charge on any atom is -0.378 e. The Hall–Kier alpha value is -0.870. The van der Waals surface area contributed by atoms with Crippen molar-refractivity contribution in [3.8, 4) is 0 Å². The maximum atomic E-state index is 4.32. The van der Waals surface area contributed by atoms with E-state index in [1.165, 1.54) is 5.56 Å². The summed E-state index contributed by atoms with van der Waals surface area (Å²) in [7, 11) is 0. The van der Waals surface area contributed by atoms with Crippen LogP contribution in [0.3, 0.4) is 0 Å². The molecule has 0 fully saturated rings. The standard InChI is InChI=1S/C13H12Br2N2/c1-9-2-5-12(15)13(6-9)17-8-11-4-3-10(14)7-16-11/h2-7,17H,8H2,1H3. The van der Waals surface area contributed by atoms with Gasteiger partial charge in [0.1, 0.15) is 0 Å². The van der Waals surface area contributed by atoms with Gasteiger partial charge < -0.3 is 5.32 Å². The van der Waals surface area contributed by atoms with Gasteiger partial charge in [0.25, 0.3) is 0 Å². The number of rotatable bonds is 3. The molecule has 2 aromatic rings. The van der Waals surface area contributed by atoms with E-state index < -0.39 is 0 Å². The summed E-state index contributed by atoms with van der Waals surface area (Å²) in [6.07, 6.45) is 1.81. The molecule has 0 aliphatic heterocycles. The first kappa shape index (κ1) is 12.6. The van der Waals surface area contributed by atoms with Gasteiger partial charge in [0.2, 0.25) is 0 Å². The first-order valence-electron chi connectivity index (χ1n) is 5.25. The SMILES string of the molecule is Cc1ccc(Br)c(NCc2ccc(Br)cn2)c1. The van der Waals surface area contributed by atoms with Gasteiger partial charge in [-0.05, 0) is 68.6 Å². The van der Waals surface area contributed by atoms with Crippen LogP contribution in [0.5, 0.6) is 0 Å². The minimum atomic E-state index is 0.718. The zero-order chi connectivity index (χ0) is 12.3. The number of hydrogen-bond acceptors (Lipinski definition) is 2. The lowest BCUT2D eigenvalue weighted by molar-refractivity contribution is 1.04. The fourth-order valence-corrected chi connectivity index (χ4v) is 2.09. The lowest BCUT2D eigenvalue weighted by Crippen LogP contribution is -2.02. The van der Waals surface area contributed by atoms with Crippen LogP contribution < -0.4 is 5.32 Å². The molecule has 0 amide bonds. The number of anilines is 1. The average Bonchev–Trinajstić information content (AvgIpc) is 2.32. The smallest absolute Gasteiger partial charge is 0.0595 e. The molecule has 88 valence electrons. The summed E-state index contributed by atoms with van der Waals surface area (Å²) in [6, 6.07) is 10.2. The highest BCUT2D eigenvalue weighted by molar-refractivity contribution is 9.10. The maximum Gasteiger partial charge on any atom is 0.0595 e. The van der Waals surface area contributed by atoms with Gasteiger partial charge in [-0.15, -0.1) is 0 Å². The zero-order valence-corrected chi connectivity index (χ0v) is 12.5. The maximum absolute atomic E-state index is 4.32. The number of aryl methyl sites for hydroxylation is 1. The van der Waals surface area contributed by atoms with Crippen LogP contribution in [0.2, 0.25) is 0 Å². The molecule has 0 saturated heterocycles. The molecule has 0 atom stereocenters. The van der Waals surface area contributed by atoms with E-state index >= 15 is 0 Å². The number of nitrogens with one attached hydrogen (secondary N) is 1. The minimum absolute atomic E-state index is 0.718. The molecular formula is C13H12Br2N2. The number of hydrogen-bond donors (Lipinski definition) is 1. The number of pyridine rings is 1. The van der Waals surface area contributed by atoms with Crippen molar-refractivity contribution in [3.05, 3.63) is 56.7 Å². The lowest BCUT2D eigenvalue weighted by Gasteiger charge is -2.09. The van der Waals surface area contributed by atoms with Gasteiger partial charge in [-0.2, -0.15) is 0 Å². The van der Waals surface area contributed by atoms with Crippen molar-refractivity contribution in [2.45, 2.75) is 13.5 Å². The molecule has 1 aromatic heterocycles. The van der Waals surface area contributed by atoms with E-state index in [4.69, 9.17) is 0 Å². The molecule has 1 heterocycles. The van der Waals surface area contributed by atoms with E-state index in [1.54, 1.807) is 0 Å². The van der Waals surface area contributed by atoms with Crippen LogP contribution in [0.1, 0.15) is 11.3 Å². The van der Waals surface area contributed by atoms with Gasteiger partial charge in [0.05, 0.1) is 12.2 Å². The average molecular weight is 356 g/mol. The highest BCUT2D eigenvalue weighted by Crippen LogP contribution is 2.23. The number of aromatic nitrogens is 1. The van der Waals surface area contributed by atoms with E-state index in [-0.39, 0.29) is 0 Å². The van der Waals surface area contributed by atoms with Crippen LogP contribution in [0, 0.1) is 6.92 Å². The molecule has 0 unspecified atom stereocenters. The molecule has 0 aliphatic carbocycles. The number of benzene rings is 1. The summed E-state index contributed by atoms with van der Waals surface area (Å²) in [6.45, 7) is 2.80. The van der Waals surface area contributed by atoms with Crippen molar-refractivity contribution in [3.63, 3.8) is 0 Å². The molecule has 0 radical (unpaired) electrons. The van der Waals surface area contributed by atoms with Crippen molar-refractivity contribution < 1.29 is 0 Å². The second-order valence-electron chi connectivity index (χ2n) is 3.80. The predicted molar refractivity (Wildman–Crippen MR) is 78.1 cm³/mol. The molecule has 1 aromatic carbocycles. The summed E-state index contributed by atoms with van der Waals surface area (Å²) in [5, 5.41) is 3.36. The van der Waals surface area contributed by atoms with E-state index in [0.29, 0.717) is 0 Å². The van der Waals surface area contributed by atoms with Crippen LogP contribution in [-0.4, -0.2) is 4.98 Å². The number of halogens is 2. The van der Waals surface area contributed by atoms with E-state index in [0.717, 1.165) is 26.9 Å². The summed E-state index contributed by atoms with van der Waals surface area (Å²) in [4.78, 5) is 4.32. The molecule has 0 saturated carbocycles. The molecule has 4 heteroatoms. The van der Waals surface area contributed by atoms with Crippen LogP contribution in [0.4, 0.5) is 5.69 Å². The molecular weight excluding hydrogens is 344 g/mol. The summed E-state index contributed by atoms with van der Waals surface area (Å²) in [5.41, 5.74) is 3.34. The number of nitrogens with zero attached hydrogens (tertiary/aromatic N) is 1. The Balaban J connectivity index is 2.07. The zero-order valence-electron chi connectivity index (χ0n) is 9.37. The predicted octanol–water partition coefficient (Wildman–Crippen LogP) is 4.53. The molecule has 17 heavy (non-hydrogen) atoms. The summed E-state index contributed by atoms with van der Waals surface area (Å²) < 4.78 is 2.07. The van der Waals surface area contributed by atoms with Crippen molar-refractivity contribution in [1.29, 1.82) is 0 Å². The third kappa shape index (κ3) is 3.54. The second kappa shape index (κ2) is 5.65. The second-order valence-corrected chi connectivity index (χ2v) is 5.57. The normalized spacial score (nSPS) is 10.3. The fourth-order valence-electron chi connectivity index (χ4n) is 1.47. The van der Waals surface area contributed by atoms with Crippen molar-refractivity contribution in [2.75, 3.05) is 5.32 Å². The Morgan fingerprint density at radius 3 is 2.71 bits per heavy atom. The van der Waals surface area contributed by atoms with Crippen molar-refractivity contribution in [2.24, 2.45) is 0 Å². The van der Waals surface area contributed by atoms with Gasteiger partial charge in [-0.3, -0.25) is 4.98 Å². The highest BCUT2D eigenvalue weighted by Gasteiger charge is 2.00. The van der Waals surface area contributed by atoms with Crippen LogP contribution >= 0.6 is 31.9 Å². The van der Waals surface area contributed by atoms with E-state index in [2.05, 4.69) is 61.2 Å². The Labute approximate surface area is 118 Å². The largest absolute Gasteiger partial charge is 0.378 e. The summed E-state index contributed by atoms with van der Waals surface area (Å²) >= 11 is 6.90. The Bertz CT molecular complexity index is 509. The molecule has 0 aliphatic rings. The van der Waals surface area contributed by atoms with E-state index in [9.17, 15) is 0 Å². The Morgan fingerprint density at radius 2 is 2.00 bits per heavy atom. The molecule has 0 spiro atoms. The topological polar surface area (TPSA) is 24.9 Å². The van der Waals surface area contributed by atoms with Crippen LogP contribution in [0.25, 0.3) is 0 Å². The third-order valence-corrected chi connectivity index (χ3v) is 3.53. The van der Waals surface area contributed by atoms with Gasteiger partial charge in [0, 0.05) is 20.8 Å². The molecule has 2 nitrogen and oxygen atoms in total. The lowest BCUT2D eigenvalue weighted by atomic mass is 10.2. The fraction of sp³-hybridized carbons (Fsp3) is 0.154. The van der Waals surface area contributed by atoms with Gasteiger partial charge >= 0.3 is 0 Å². The van der Waals surface area contributed by atoms with Gasteiger partial charge in [0.15, 0.2) is 0 Å². The first-order chi connectivity index (χ1) is 8.15. The quantitative estimate of drug-likeness (QED) is 0.875. The molecule has 1 N–H and O–H groups in total. The monoisotopic (exact) mass is 354 g/mol. The van der Waals surface area contributed by atoms with Gasteiger partial charge in [-0.25, -0.2) is 0 Å². The Kier molecular flexibility index (Phi) is 4.18.